The molecule has 0 aromatic carbocycles. The van der Waals surface area contributed by atoms with Crippen molar-refractivity contribution in [1.82, 2.24) is 19.3 Å². The van der Waals surface area contributed by atoms with Crippen LogP contribution in [0.15, 0.2) is 36.9 Å². The number of carbonyl (C=O) groups is 1. The molecule has 0 N–H and O–H groups in total. The SMILES string of the molecule is Cc1c2c(c3nccn3c1C)CN(C(=O)CC1CN(c3cccnc3)C1)C2. The normalized spacial score (nSPS) is 16.7. The first-order chi connectivity index (χ1) is 13.1. The quantitative estimate of drug-likeness (QED) is 0.720. The number of imidazole rings is 1. The first kappa shape index (κ1) is 16.3. The lowest BCUT2D eigenvalue weighted by Gasteiger charge is -2.41. The van der Waals surface area contributed by atoms with E-state index in [2.05, 4.69) is 39.2 Å². The highest BCUT2D eigenvalue weighted by Gasteiger charge is 2.33. The average molecular weight is 361 g/mol. The Balaban J connectivity index is 1.27. The van der Waals surface area contributed by atoms with Crippen molar-refractivity contribution in [2.75, 3.05) is 18.0 Å². The molecule has 0 radical (unpaired) electrons. The fourth-order valence-corrected chi connectivity index (χ4v) is 4.38. The van der Waals surface area contributed by atoms with Gasteiger partial charge in [0.1, 0.15) is 5.65 Å². The van der Waals surface area contributed by atoms with E-state index in [0.29, 0.717) is 25.4 Å². The van der Waals surface area contributed by atoms with Gasteiger partial charge < -0.3 is 14.2 Å². The molecule has 0 bridgehead atoms. The molecule has 0 saturated carbocycles. The monoisotopic (exact) mass is 361 g/mol. The molecule has 5 heterocycles. The topological polar surface area (TPSA) is 53.7 Å². The van der Waals surface area contributed by atoms with Gasteiger partial charge in [0.2, 0.25) is 5.91 Å². The van der Waals surface area contributed by atoms with Crippen molar-refractivity contribution < 1.29 is 4.79 Å². The van der Waals surface area contributed by atoms with Crippen molar-refractivity contribution in [3.05, 3.63) is 59.3 Å². The van der Waals surface area contributed by atoms with Crippen LogP contribution in [0.4, 0.5) is 5.69 Å². The van der Waals surface area contributed by atoms with Gasteiger partial charge in [-0.3, -0.25) is 9.78 Å². The Morgan fingerprint density at radius 3 is 2.78 bits per heavy atom. The fourth-order valence-electron chi connectivity index (χ4n) is 4.38. The fraction of sp³-hybridized carbons (Fsp3) is 0.381. The van der Waals surface area contributed by atoms with Crippen LogP contribution >= 0.6 is 0 Å². The molecule has 3 aromatic heterocycles. The van der Waals surface area contributed by atoms with Gasteiger partial charge in [-0.2, -0.15) is 0 Å². The number of hydrogen-bond donors (Lipinski definition) is 0. The van der Waals surface area contributed by atoms with Crippen LogP contribution in [-0.2, 0) is 17.9 Å². The zero-order valence-electron chi connectivity index (χ0n) is 15.7. The molecule has 6 nitrogen and oxygen atoms in total. The number of aromatic nitrogens is 3. The first-order valence-corrected chi connectivity index (χ1v) is 9.48. The van der Waals surface area contributed by atoms with E-state index in [-0.39, 0.29) is 5.91 Å². The number of aryl methyl sites for hydroxylation is 1. The van der Waals surface area contributed by atoms with E-state index in [1.54, 1.807) is 6.20 Å². The summed E-state index contributed by atoms with van der Waals surface area (Å²) in [5.74, 6) is 0.680. The van der Waals surface area contributed by atoms with Gasteiger partial charge in [-0.05, 0) is 37.1 Å². The predicted octanol–water partition coefficient (Wildman–Crippen LogP) is 2.71. The molecule has 0 spiro atoms. The van der Waals surface area contributed by atoms with Crippen LogP contribution in [0.25, 0.3) is 5.65 Å². The number of fused-ring (bicyclic) bond motifs is 3. The Kier molecular flexibility index (Phi) is 3.67. The van der Waals surface area contributed by atoms with Crippen LogP contribution in [0.3, 0.4) is 0 Å². The third-order valence-electron chi connectivity index (χ3n) is 6.11. The number of amides is 1. The van der Waals surface area contributed by atoms with E-state index in [1.165, 1.54) is 22.4 Å². The summed E-state index contributed by atoms with van der Waals surface area (Å²) in [5.41, 5.74) is 7.11. The molecule has 1 amide bonds. The average Bonchev–Trinajstić information content (AvgIpc) is 3.30. The summed E-state index contributed by atoms with van der Waals surface area (Å²) < 4.78 is 2.14. The third kappa shape index (κ3) is 2.59. The largest absolute Gasteiger partial charge is 0.370 e. The van der Waals surface area contributed by atoms with Gasteiger partial charge in [-0.15, -0.1) is 0 Å². The Morgan fingerprint density at radius 2 is 2.00 bits per heavy atom. The van der Waals surface area contributed by atoms with E-state index in [0.717, 1.165) is 24.4 Å². The van der Waals surface area contributed by atoms with E-state index in [1.807, 2.05) is 29.6 Å². The van der Waals surface area contributed by atoms with Crippen LogP contribution in [-0.4, -0.2) is 38.3 Å². The van der Waals surface area contributed by atoms with Crippen LogP contribution in [0, 0.1) is 19.8 Å². The van der Waals surface area contributed by atoms with Crippen molar-refractivity contribution >= 4 is 17.2 Å². The lowest BCUT2D eigenvalue weighted by molar-refractivity contribution is -0.133. The molecule has 1 fully saturated rings. The van der Waals surface area contributed by atoms with Crippen molar-refractivity contribution in [2.45, 2.75) is 33.4 Å². The molecule has 5 rings (SSSR count). The highest BCUT2D eigenvalue weighted by Crippen LogP contribution is 2.33. The van der Waals surface area contributed by atoms with Gasteiger partial charge in [-0.1, -0.05) is 0 Å². The number of hydrogen-bond acceptors (Lipinski definition) is 4. The van der Waals surface area contributed by atoms with Crippen LogP contribution in [0.5, 0.6) is 0 Å². The molecule has 0 aliphatic carbocycles. The number of pyridine rings is 2. The molecule has 0 atom stereocenters. The standard InChI is InChI=1S/C21H23N5O/c1-14-15(2)26-7-6-23-21(26)19-13-25(12-18(14)19)20(27)8-16-10-24(11-16)17-4-3-5-22-9-17/h3-7,9,16H,8,10-13H2,1-2H3. The van der Waals surface area contributed by atoms with Crippen molar-refractivity contribution in [3.63, 3.8) is 0 Å². The van der Waals surface area contributed by atoms with Crippen LogP contribution in [0.2, 0.25) is 0 Å². The second-order valence-corrected chi connectivity index (χ2v) is 7.72. The van der Waals surface area contributed by atoms with E-state index >= 15 is 0 Å². The predicted molar refractivity (Wildman–Crippen MR) is 103 cm³/mol. The number of carbonyl (C=O) groups excluding carboxylic acids is 1. The van der Waals surface area contributed by atoms with Gasteiger partial charge in [0.05, 0.1) is 18.4 Å². The molecular formula is C21H23N5O. The third-order valence-corrected chi connectivity index (χ3v) is 6.11. The summed E-state index contributed by atoms with van der Waals surface area (Å²) in [7, 11) is 0. The van der Waals surface area contributed by atoms with Crippen LogP contribution < -0.4 is 4.90 Å². The Bertz CT molecular complexity index is 1020. The van der Waals surface area contributed by atoms with Crippen molar-refractivity contribution in [3.8, 4) is 0 Å². The Labute approximate surface area is 158 Å². The Hall–Kier alpha value is -2.89. The molecule has 2 aliphatic rings. The molecule has 3 aromatic rings. The van der Waals surface area contributed by atoms with Gasteiger partial charge in [0.15, 0.2) is 0 Å². The molecule has 27 heavy (non-hydrogen) atoms. The van der Waals surface area contributed by atoms with E-state index in [4.69, 9.17) is 0 Å². The maximum absolute atomic E-state index is 12.9. The first-order valence-electron chi connectivity index (χ1n) is 9.48. The van der Waals surface area contributed by atoms with Gasteiger partial charge in [0, 0.05) is 61.8 Å². The van der Waals surface area contributed by atoms with Gasteiger partial charge in [-0.25, -0.2) is 4.98 Å². The summed E-state index contributed by atoms with van der Waals surface area (Å²) >= 11 is 0. The maximum Gasteiger partial charge on any atom is 0.223 e. The molecule has 1 saturated heterocycles. The summed E-state index contributed by atoms with van der Waals surface area (Å²) in [5, 5.41) is 0. The number of anilines is 1. The van der Waals surface area contributed by atoms with Gasteiger partial charge in [0.25, 0.3) is 0 Å². The minimum atomic E-state index is 0.254. The zero-order valence-corrected chi connectivity index (χ0v) is 15.7. The summed E-state index contributed by atoms with van der Waals surface area (Å²) in [6.45, 7) is 7.52. The lowest BCUT2D eigenvalue weighted by atomic mass is 9.95. The zero-order chi connectivity index (χ0) is 18.5. The minimum Gasteiger partial charge on any atom is -0.370 e. The number of nitrogens with zero attached hydrogens (tertiary/aromatic N) is 5. The minimum absolute atomic E-state index is 0.254. The second kappa shape index (κ2) is 6.08. The summed E-state index contributed by atoms with van der Waals surface area (Å²) in [4.78, 5) is 25.9. The highest BCUT2D eigenvalue weighted by molar-refractivity contribution is 5.78. The molecule has 6 heteroatoms. The smallest absolute Gasteiger partial charge is 0.223 e. The highest BCUT2D eigenvalue weighted by atomic mass is 16.2. The van der Waals surface area contributed by atoms with Gasteiger partial charge >= 0.3 is 0 Å². The number of rotatable bonds is 3. The van der Waals surface area contributed by atoms with Crippen LogP contribution in [0.1, 0.15) is 28.8 Å². The van der Waals surface area contributed by atoms with E-state index < -0.39 is 0 Å². The molecule has 138 valence electrons. The van der Waals surface area contributed by atoms with Crippen molar-refractivity contribution in [2.24, 2.45) is 5.92 Å². The molecule has 0 unspecified atom stereocenters. The van der Waals surface area contributed by atoms with Crippen molar-refractivity contribution in [1.29, 1.82) is 0 Å². The maximum atomic E-state index is 12.9. The summed E-state index contributed by atoms with van der Waals surface area (Å²) in [6, 6.07) is 4.03. The van der Waals surface area contributed by atoms with E-state index in [9.17, 15) is 4.79 Å². The lowest BCUT2D eigenvalue weighted by Crippen LogP contribution is -2.48. The summed E-state index contributed by atoms with van der Waals surface area (Å²) in [6.07, 6.45) is 8.14. The Morgan fingerprint density at radius 1 is 1.19 bits per heavy atom. The molecular weight excluding hydrogens is 338 g/mol. The second-order valence-electron chi connectivity index (χ2n) is 7.72. The molecule has 2 aliphatic heterocycles.